The van der Waals surface area contributed by atoms with Gasteiger partial charge in [-0.05, 0) is 31.8 Å². The monoisotopic (exact) mass is 248 g/mol. The van der Waals surface area contributed by atoms with E-state index in [0.29, 0.717) is 6.61 Å². The van der Waals surface area contributed by atoms with Crippen molar-refractivity contribution in [3.8, 4) is 0 Å². The van der Waals surface area contributed by atoms with Gasteiger partial charge in [-0.2, -0.15) is 0 Å². The van der Waals surface area contributed by atoms with Crippen LogP contribution in [0, 0.1) is 16.7 Å². The lowest BCUT2D eigenvalue weighted by molar-refractivity contribution is -0.184. The summed E-state index contributed by atoms with van der Waals surface area (Å²) in [5.41, 5.74) is 1.24. The summed E-state index contributed by atoms with van der Waals surface area (Å²) >= 11 is 0. The van der Waals surface area contributed by atoms with Gasteiger partial charge in [0.25, 0.3) is 0 Å². The first-order valence-corrected chi connectivity index (χ1v) is 6.93. The molecule has 3 aliphatic carbocycles. The molecule has 4 rings (SSSR count). The van der Waals surface area contributed by atoms with Gasteiger partial charge in [-0.15, -0.1) is 0 Å². The summed E-state index contributed by atoms with van der Waals surface area (Å²) in [5.74, 6) is 0.102. The second kappa shape index (κ2) is 2.75. The number of carbonyl (C=O) groups excluding carboxylic acids is 1. The highest BCUT2D eigenvalue weighted by Crippen LogP contribution is 2.71. The minimum Gasteiger partial charge on any atom is -0.389 e. The molecule has 98 valence electrons. The molecule has 0 aromatic carbocycles. The van der Waals surface area contributed by atoms with Crippen LogP contribution in [0.3, 0.4) is 0 Å². The Bertz CT molecular complexity index is 508. The highest BCUT2D eigenvalue weighted by Gasteiger charge is 2.77. The third-order valence-electron chi connectivity index (χ3n) is 6.44. The van der Waals surface area contributed by atoms with Gasteiger partial charge < -0.3 is 9.84 Å². The van der Waals surface area contributed by atoms with Crippen molar-refractivity contribution in [3.05, 3.63) is 11.1 Å². The van der Waals surface area contributed by atoms with Crippen LogP contribution in [0.15, 0.2) is 11.1 Å². The summed E-state index contributed by atoms with van der Waals surface area (Å²) in [5, 5.41) is 10.8. The van der Waals surface area contributed by atoms with Gasteiger partial charge >= 0.3 is 0 Å². The van der Waals surface area contributed by atoms with Gasteiger partial charge in [0.1, 0.15) is 5.60 Å². The van der Waals surface area contributed by atoms with Gasteiger partial charge in [-0.3, -0.25) is 4.79 Å². The van der Waals surface area contributed by atoms with E-state index in [1.807, 2.05) is 6.92 Å². The molecule has 4 aliphatic rings. The van der Waals surface area contributed by atoms with E-state index < -0.39 is 11.7 Å². The number of aliphatic hydroxyl groups is 1. The molecule has 1 saturated heterocycles. The van der Waals surface area contributed by atoms with E-state index in [-0.39, 0.29) is 22.5 Å². The molecular formula is C15H20O3. The first kappa shape index (κ1) is 11.2. The van der Waals surface area contributed by atoms with E-state index in [2.05, 4.69) is 13.8 Å². The summed E-state index contributed by atoms with van der Waals surface area (Å²) in [4.78, 5) is 12.6. The third kappa shape index (κ3) is 0.810. The number of hydrogen-bond donors (Lipinski definition) is 1. The summed E-state index contributed by atoms with van der Waals surface area (Å²) < 4.78 is 6.11. The molecule has 18 heavy (non-hydrogen) atoms. The number of hydrogen-bond acceptors (Lipinski definition) is 3. The van der Waals surface area contributed by atoms with E-state index in [9.17, 15) is 9.90 Å². The molecule has 2 bridgehead atoms. The molecular weight excluding hydrogens is 228 g/mol. The molecule has 0 amide bonds. The largest absolute Gasteiger partial charge is 0.389 e. The summed E-state index contributed by atoms with van der Waals surface area (Å²) in [6, 6.07) is 0. The van der Waals surface area contributed by atoms with Crippen molar-refractivity contribution in [2.45, 2.75) is 51.7 Å². The number of ketones is 1. The van der Waals surface area contributed by atoms with Gasteiger partial charge in [0.15, 0.2) is 5.78 Å². The van der Waals surface area contributed by atoms with Gasteiger partial charge in [-0.25, -0.2) is 0 Å². The maximum atomic E-state index is 12.6. The number of Topliss-reactive ketones (excluding diaryl/α,β-unsaturated/α-hetero) is 1. The van der Waals surface area contributed by atoms with Gasteiger partial charge in [0, 0.05) is 10.8 Å². The predicted octanol–water partition coefficient (Wildman–Crippen LogP) is 1.84. The van der Waals surface area contributed by atoms with Crippen molar-refractivity contribution in [1.82, 2.24) is 0 Å². The molecule has 3 heteroatoms. The minimum absolute atomic E-state index is 0.108. The van der Waals surface area contributed by atoms with Crippen molar-refractivity contribution < 1.29 is 14.6 Å². The van der Waals surface area contributed by atoms with E-state index >= 15 is 0 Å². The van der Waals surface area contributed by atoms with Crippen LogP contribution in [0.4, 0.5) is 0 Å². The number of allylic oxidation sites excluding steroid dienone is 1. The van der Waals surface area contributed by atoms with Crippen molar-refractivity contribution >= 4 is 5.78 Å². The molecule has 0 aromatic rings. The van der Waals surface area contributed by atoms with E-state index in [4.69, 9.17) is 4.74 Å². The molecule has 3 fully saturated rings. The highest BCUT2D eigenvalue weighted by atomic mass is 16.5. The topological polar surface area (TPSA) is 46.5 Å². The zero-order chi connectivity index (χ0) is 12.9. The maximum Gasteiger partial charge on any atom is 0.164 e. The zero-order valence-electron chi connectivity index (χ0n) is 11.2. The number of ether oxygens (including phenoxy) is 1. The van der Waals surface area contributed by atoms with E-state index in [0.717, 1.165) is 24.8 Å². The molecule has 1 N–H and O–H groups in total. The van der Waals surface area contributed by atoms with Crippen LogP contribution < -0.4 is 0 Å². The van der Waals surface area contributed by atoms with Crippen molar-refractivity contribution in [3.63, 3.8) is 0 Å². The third-order valence-corrected chi connectivity index (χ3v) is 6.44. The SMILES string of the molecule is CC1=C2CC[C@]2(C)[C@]23OCC(C)(CC2C1=O)C3O. The lowest BCUT2D eigenvalue weighted by Gasteiger charge is -2.59. The van der Waals surface area contributed by atoms with Crippen LogP contribution in [0.2, 0.25) is 0 Å². The van der Waals surface area contributed by atoms with Gasteiger partial charge in [0.05, 0.1) is 18.6 Å². The van der Waals surface area contributed by atoms with Crippen LogP contribution in [0.25, 0.3) is 0 Å². The second-order valence-corrected chi connectivity index (χ2v) is 7.19. The van der Waals surface area contributed by atoms with Gasteiger partial charge in [-0.1, -0.05) is 19.4 Å². The van der Waals surface area contributed by atoms with Crippen LogP contribution in [-0.2, 0) is 9.53 Å². The number of fused-ring (bicyclic) bond motifs is 2. The molecule has 0 aromatic heterocycles. The van der Waals surface area contributed by atoms with Crippen LogP contribution in [-0.4, -0.2) is 29.2 Å². The average molecular weight is 248 g/mol. The normalized spacial score (nSPS) is 57.4. The molecule has 2 saturated carbocycles. The molecule has 1 heterocycles. The smallest absolute Gasteiger partial charge is 0.164 e. The summed E-state index contributed by atoms with van der Waals surface area (Å²) in [7, 11) is 0. The standard InChI is InChI=1S/C15H20O3/c1-8-9-4-5-14(9,3)15-10(11(8)16)6-13(2,7-18-15)12(15)17/h10,12,17H,4-7H2,1-3H3/t10?,12?,13?,14-,15-/m0/s1. The molecule has 1 aliphatic heterocycles. The average Bonchev–Trinajstić information content (AvgIpc) is 2.70. The van der Waals surface area contributed by atoms with Gasteiger partial charge in [0.2, 0.25) is 0 Å². The minimum atomic E-state index is -0.619. The maximum absolute atomic E-state index is 12.6. The van der Waals surface area contributed by atoms with E-state index in [1.165, 1.54) is 5.57 Å². The second-order valence-electron chi connectivity index (χ2n) is 7.19. The van der Waals surface area contributed by atoms with Crippen molar-refractivity contribution in [1.29, 1.82) is 0 Å². The van der Waals surface area contributed by atoms with Crippen LogP contribution in [0.1, 0.15) is 40.0 Å². The Morgan fingerprint density at radius 2 is 2.11 bits per heavy atom. The number of carbonyl (C=O) groups is 1. The van der Waals surface area contributed by atoms with Crippen LogP contribution in [0.5, 0.6) is 0 Å². The predicted molar refractivity (Wildman–Crippen MR) is 66.0 cm³/mol. The lowest BCUT2D eigenvalue weighted by atomic mass is 9.48. The van der Waals surface area contributed by atoms with Crippen molar-refractivity contribution in [2.24, 2.45) is 16.7 Å². The Morgan fingerprint density at radius 3 is 2.67 bits per heavy atom. The van der Waals surface area contributed by atoms with Crippen molar-refractivity contribution in [2.75, 3.05) is 6.61 Å². The number of rotatable bonds is 0. The van der Waals surface area contributed by atoms with E-state index in [1.54, 1.807) is 0 Å². The molecule has 3 nitrogen and oxygen atoms in total. The molecule has 0 radical (unpaired) electrons. The fourth-order valence-electron chi connectivity index (χ4n) is 5.24. The Labute approximate surface area is 107 Å². The lowest BCUT2D eigenvalue weighted by Crippen LogP contribution is -2.64. The molecule has 1 spiro atoms. The number of aliphatic hydroxyl groups excluding tert-OH is 1. The Morgan fingerprint density at radius 1 is 1.39 bits per heavy atom. The Hall–Kier alpha value is -0.670. The van der Waals surface area contributed by atoms with Crippen LogP contribution >= 0.6 is 0 Å². The molecule has 3 unspecified atom stereocenters. The quantitative estimate of drug-likeness (QED) is 0.711. The Balaban J connectivity index is 1.98. The highest BCUT2D eigenvalue weighted by molar-refractivity contribution is 6.01. The first-order valence-electron chi connectivity index (χ1n) is 6.93. The summed E-state index contributed by atoms with van der Waals surface area (Å²) in [6.45, 7) is 6.81. The fraction of sp³-hybridized carbons (Fsp3) is 0.800. The molecule has 5 atom stereocenters. The fourth-order valence-corrected chi connectivity index (χ4v) is 5.24. The Kier molecular flexibility index (Phi) is 1.71. The zero-order valence-corrected chi connectivity index (χ0v) is 11.2. The summed E-state index contributed by atoms with van der Waals surface area (Å²) in [6.07, 6.45) is 2.33. The first-order chi connectivity index (χ1) is 8.37.